The van der Waals surface area contributed by atoms with Crippen molar-refractivity contribution in [2.75, 3.05) is 11.9 Å². The largest absolute Gasteiger partial charge is 0.480 e. The van der Waals surface area contributed by atoms with Crippen LogP contribution in [0.1, 0.15) is 11.1 Å². The van der Waals surface area contributed by atoms with Crippen molar-refractivity contribution < 1.29 is 22.7 Å². The SMILES string of the molecule is C#CCOc1ccc(/C=C(\C#N)C(=O)Nc2cccc(C(F)(F)F)c2)cc1Br. The number of terminal acetylenes is 1. The first-order valence-corrected chi connectivity index (χ1v) is 8.50. The number of ether oxygens (including phenoxy) is 1. The molecule has 0 aliphatic heterocycles. The van der Waals surface area contributed by atoms with Gasteiger partial charge in [-0.15, -0.1) is 6.42 Å². The second-order valence-electron chi connectivity index (χ2n) is 5.39. The van der Waals surface area contributed by atoms with Crippen LogP contribution in [0.2, 0.25) is 0 Å². The van der Waals surface area contributed by atoms with Gasteiger partial charge in [-0.25, -0.2) is 0 Å². The minimum absolute atomic E-state index is 0.0693. The highest BCUT2D eigenvalue weighted by molar-refractivity contribution is 9.10. The van der Waals surface area contributed by atoms with Gasteiger partial charge in [0.2, 0.25) is 0 Å². The third-order valence-electron chi connectivity index (χ3n) is 3.39. The van der Waals surface area contributed by atoms with Gasteiger partial charge in [0.25, 0.3) is 5.91 Å². The van der Waals surface area contributed by atoms with Crippen LogP contribution in [0.3, 0.4) is 0 Å². The number of carbonyl (C=O) groups is 1. The number of nitrogens with one attached hydrogen (secondary N) is 1. The molecule has 0 heterocycles. The van der Waals surface area contributed by atoms with Crippen molar-refractivity contribution in [1.82, 2.24) is 0 Å². The molecule has 2 rings (SSSR count). The highest BCUT2D eigenvalue weighted by atomic mass is 79.9. The van der Waals surface area contributed by atoms with Gasteiger partial charge in [-0.2, -0.15) is 18.4 Å². The van der Waals surface area contributed by atoms with Gasteiger partial charge in [0, 0.05) is 5.69 Å². The summed E-state index contributed by atoms with van der Waals surface area (Å²) in [5.41, 5.74) is -0.739. The zero-order valence-corrected chi connectivity index (χ0v) is 15.8. The number of halogens is 4. The summed E-state index contributed by atoms with van der Waals surface area (Å²) in [5, 5.41) is 11.5. The van der Waals surface area contributed by atoms with Crippen LogP contribution in [0, 0.1) is 23.7 Å². The quantitative estimate of drug-likeness (QED) is 0.396. The van der Waals surface area contributed by atoms with Crippen LogP contribution in [0.15, 0.2) is 52.5 Å². The number of nitriles is 1. The normalized spacial score (nSPS) is 11.3. The van der Waals surface area contributed by atoms with Crippen LogP contribution >= 0.6 is 15.9 Å². The van der Waals surface area contributed by atoms with Gasteiger partial charge >= 0.3 is 6.18 Å². The van der Waals surface area contributed by atoms with Crippen LogP contribution in [0.25, 0.3) is 6.08 Å². The summed E-state index contributed by atoms with van der Waals surface area (Å²) in [6, 6.07) is 10.7. The van der Waals surface area contributed by atoms with Crippen molar-refractivity contribution in [2.24, 2.45) is 0 Å². The Morgan fingerprint density at radius 3 is 2.64 bits per heavy atom. The highest BCUT2D eigenvalue weighted by Gasteiger charge is 2.30. The fourth-order valence-electron chi connectivity index (χ4n) is 2.13. The summed E-state index contributed by atoms with van der Waals surface area (Å²) >= 11 is 3.29. The van der Waals surface area contributed by atoms with E-state index in [1.807, 2.05) is 0 Å². The van der Waals surface area contributed by atoms with Crippen LogP contribution in [0.4, 0.5) is 18.9 Å². The first-order chi connectivity index (χ1) is 13.2. The fraction of sp³-hybridized carbons (Fsp3) is 0.100. The van der Waals surface area contributed by atoms with Crippen LogP contribution in [0.5, 0.6) is 5.75 Å². The first-order valence-electron chi connectivity index (χ1n) is 7.71. The van der Waals surface area contributed by atoms with E-state index in [0.29, 0.717) is 15.8 Å². The number of alkyl halides is 3. The molecule has 4 nitrogen and oxygen atoms in total. The number of amides is 1. The Morgan fingerprint density at radius 1 is 1.29 bits per heavy atom. The number of anilines is 1. The number of rotatable bonds is 5. The summed E-state index contributed by atoms with van der Waals surface area (Å²) in [6.07, 6.45) is 1.89. The molecular formula is C20H12BrF3N2O2. The van der Waals surface area contributed by atoms with E-state index >= 15 is 0 Å². The molecule has 0 aromatic heterocycles. The van der Waals surface area contributed by atoms with Gasteiger partial charge in [-0.3, -0.25) is 4.79 Å². The molecule has 0 atom stereocenters. The molecule has 0 unspecified atom stereocenters. The van der Waals surface area contributed by atoms with Crippen LogP contribution < -0.4 is 10.1 Å². The summed E-state index contributed by atoms with van der Waals surface area (Å²) in [5.74, 6) is 1.99. The Bertz CT molecular complexity index is 1000. The van der Waals surface area contributed by atoms with E-state index < -0.39 is 17.6 Å². The molecule has 0 aliphatic rings. The molecule has 0 bridgehead atoms. The summed E-state index contributed by atoms with van der Waals surface area (Å²) in [4.78, 5) is 12.3. The zero-order chi connectivity index (χ0) is 20.7. The van der Waals surface area contributed by atoms with Crippen molar-refractivity contribution in [1.29, 1.82) is 5.26 Å². The lowest BCUT2D eigenvalue weighted by atomic mass is 10.1. The standard InChI is InChI=1S/C20H12BrF3N2O2/c1-2-8-28-18-7-6-13(10-17(18)21)9-14(12-25)19(27)26-16-5-3-4-15(11-16)20(22,23)24/h1,3-7,9-11H,8H2,(H,26,27)/b14-9+. The van der Waals surface area contributed by atoms with E-state index in [-0.39, 0.29) is 17.9 Å². The summed E-state index contributed by atoms with van der Waals surface area (Å²) in [7, 11) is 0. The van der Waals surface area contributed by atoms with Crippen LogP contribution in [-0.4, -0.2) is 12.5 Å². The number of hydrogen-bond acceptors (Lipinski definition) is 3. The molecule has 0 saturated carbocycles. The van der Waals surface area contributed by atoms with Gasteiger partial charge in [-0.1, -0.05) is 18.1 Å². The second-order valence-corrected chi connectivity index (χ2v) is 6.24. The molecule has 142 valence electrons. The third kappa shape index (κ3) is 5.63. The Balaban J connectivity index is 2.21. The maximum atomic E-state index is 12.8. The van der Waals surface area contributed by atoms with Crippen molar-refractivity contribution in [2.45, 2.75) is 6.18 Å². The van der Waals surface area contributed by atoms with Crippen molar-refractivity contribution in [3.8, 4) is 24.2 Å². The number of nitrogens with zero attached hydrogens (tertiary/aromatic N) is 1. The number of benzene rings is 2. The van der Waals surface area contributed by atoms with E-state index in [9.17, 15) is 23.2 Å². The molecule has 0 radical (unpaired) electrons. The van der Waals surface area contributed by atoms with Gasteiger partial charge in [0.05, 0.1) is 10.0 Å². The monoisotopic (exact) mass is 448 g/mol. The summed E-state index contributed by atoms with van der Waals surface area (Å²) < 4.78 is 44.2. The molecule has 1 N–H and O–H groups in total. The van der Waals surface area contributed by atoms with E-state index in [1.165, 1.54) is 18.2 Å². The van der Waals surface area contributed by atoms with E-state index in [4.69, 9.17) is 11.2 Å². The zero-order valence-electron chi connectivity index (χ0n) is 14.2. The predicted molar refractivity (Wildman–Crippen MR) is 102 cm³/mol. The topological polar surface area (TPSA) is 62.1 Å². The molecular weight excluding hydrogens is 437 g/mol. The Kier molecular flexibility index (Phi) is 6.86. The van der Waals surface area contributed by atoms with Crippen LogP contribution in [-0.2, 0) is 11.0 Å². The Labute approximate surface area is 167 Å². The molecule has 1 amide bonds. The number of hydrogen-bond donors (Lipinski definition) is 1. The molecule has 2 aromatic rings. The van der Waals surface area contributed by atoms with Crippen molar-refractivity contribution >= 4 is 33.6 Å². The predicted octanol–water partition coefficient (Wildman–Crippen LogP) is 5.03. The molecule has 8 heteroatoms. The molecule has 0 fully saturated rings. The van der Waals surface area contributed by atoms with Gasteiger partial charge < -0.3 is 10.1 Å². The van der Waals surface area contributed by atoms with E-state index in [1.54, 1.807) is 24.3 Å². The molecule has 0 aliphatic carbocycles. The number of carbonyl (C=O) groups excluding carboxylic acids is 1. The molecule has 2 aromatic carbocycles. The van der Waals surface area contributed by atoms with Gasteiger partial charge in [-0.05, 0) is 57.9 Å². The average molecular weight is 449 g/mol. The lowest BCUT2D eigenvalue weighted by molar-refractivity contribution is -0.137. The first kappa shape index (κ1) is 21.1. The van der Waals surface area contributed by atoms with E-state index in [0.717, 1.165) is 12.1 Å². The van der Waals surface area contributed by atoms with Crippen molar-refractivity contribution in [3.05, 3.63) is 63.6 Å². The molecule has 0 spiro atoms. The summed E-state index contributed by atoms with van der Waals surface area (Å²) in [6.45, 7) is 0.0800. The maximum absolute atomic E-state index is 12.8. The fourth-order valence-corrected chi connectivity index (χ4v) is 2.64. The highest BCUT2D eigenvalue weighted by Crippen LogP contribution is 2.31. The van der Waals surface area contributed by atoms with E-state index in [2.05, 4.69) is 27.2 Å². The van der Waals surface area contributed by atoms with Gasteiger partial charge in [0.1, 0.15) is 24.0 Å². The molecule has 0 saturated heterocycles. The lowest BCUT2D eigenvalue weighted by Gasteiger charge is -2.10. The van der Waals surface area contributed by atoms with Gasteiger partial charge in [0.15, 0.2) is 0 Å². The second kappa shape index (κ2) is 9.12. The smallest absolute Gasteiger partial charge is 0.416 e. The Hall–Kier alpha value is -3.23. The third-order valence-corrected chi connectivity index (χ3v) is 4.01. The average Bonchev–Trinajstić information content (AvgIpc) is 2.65. The Morgan fingerprint density at radius 2 is 2.04 bits per heavy atom. The lowest BCUT2D eigenvalue weighted by Crippen LogP contribution is -2.14. The minimum atomic E-state index is -4.54. The molecule has 28 heavy (non-hydrogen) atoms. The van der Waals surface area contributed by atoms with Crippen molar-refractivity contribution in [3.63, 3.8) is 0 Å². The minimum Gasteiger partial charge on any atom is -0.480 e. The maximum Gasteiger partial charge on any atom is 0.416 e.